The Labute approximate surface area is 63.3 Å². The molecule has 0 aliphatic rings. The molecule has 0 amide bonds. The molecule has 0 saturated carbocycles. The van der Waals surface area contributed by atoms with E-state index in [-0.39, 0.29) is 6.10 Å². The van der Waals surface area contributed by atoms with Gasteiger partial charge in [0.05, 0.1) is 6.10 Å². The van der Waals surface area contributed by atoms with E-state index in [2.05, 4.69) is 25.6 Å². The van der Waals surface area contributed by atoms with Crippen LogP contribution >= 0.6 is 0 Å². The van der Waals surface area contributed by atoms with Gasteiger partial charge in [-0.2, -0.15) is 0 Å². The first-order valence-corrected chi connectivity index (χ1v) is 3.86. The Morgan fingerprint density at radius 1 is 1.40 bits per heavy atom. The van der Waals surface area contributed by atoms with E-state index in [4.69, 9.17) is 4.74 Å². The van der Waals surface area contributed by atoms with Crippen LogP contribution in [-0.2, 0) is 4.74 Å². The molecule has 0 aromatic rings. The molecular weight excluding hydrogens is 126 g/mol. The maximum absolute atomic E-state index is 5.54. The van der Waals surface area contributed by atoms with Crippen LogP contribution in [0.3, 0.4) is 0 Å². The summed E-state index contributed by atoms with van der Waals surface area (Å²) in [4.78, 5) is 2.82. The van der Waals surface area contributed by atoms with Crippen molar-refractivity contribution in [2.75, 3.05) is 6.54 Å². The van der Waals surface area contributed by atoms with Gasteiger partial charge in [0.15, 0.2) is 6.54 Å². The van der Waals surface area contributed by atoms with E-state index in [1.807, 2.05) is 6.92 Å². The zero-order valence-electron chi connectivity index (χ0n) is 7.18. The molecule has 0 heterocycles. The van der Waals surface area contributed by atoms with Gasteiger partial charge in [0.25, 0.3) is 0 Å². The van der Waals surface area contributed by atoms with Gasteiger partial charge in [0, 0.05) is 0 Å². The lowest BCUT2D eigenvalue weighted by molar-refractivity contribution is -0.460. The molecule has 0 aromatic carbocycles. The van der Waals surface area contributed by atoms with Gasteiger partial charge < -0.3 is 4.74 Å². The van der Waals surface area contributed by atoms with Crippen LogP contribution in [0.25, 0.3) is 0 Å². The van der Waals surface area contributed by atoms with Gasteiger partial charge in [-0.25, -0.2) is 0 Å². The lowest BCUT2D eigenvalue weighted by Gasteiger charge is -2.13. The highest BCUT2D eigenvalue weighted by atomic mass is 16.5. The topological polar surface area (TPSA) is 23.2 Å². The average Bonchev–Trinajstić information content (AvgIpc) is 1.88. The summed E-state index contributed by atoms with van der Waals surface area (Å²) in [6.07, 6.45) is 1.71. The fourth-order valence-electron chi connectivity index (χ4n) is 0.744. The molecular formula is C8H18NO+. The Morgan fingerprint density at radius 2 is 2.00 bits per heavy atom. The molecule has 0 unspecified atom stereocenters. The third-order valence-corrected chi connectivity index (χ3v) is 1.47. The zero-order valence-corrected chi connectivity index (χ0v) is 7.18. The van der Waals surface area contributed by atoms with Crippen molar-refractivity contribution in [1.82, 2.24) is 0 Å². The number of nitrogens with one attached hydrogen (secondary N) is 1. The zero-order chi connectivity index (χ0) is 7.98. The van der Waals surface area contributed by atoms with E-state index < -0.39 is 0 Å². The number of hydrogen-bond acceptors (Lipinski definition) is 1. The minimum Gasteiger partial charge on any atom is -0.369 e. The van der Waals surface area contributed by atoms with Crippen molar-refractivity contribution in [3.05, 3.63) is 0 Å². The summed E-state index contributed by atoms with van der Waals surface area (Å²) in [6, 6.07) is 0. The van der Waals surface area contributed by atoms with Crippen molar-refractivity contribution >= 4 is 6.72 Å². The van der Waals surface area contributed by atoms with Crippen LogP contribution in [0, 0.1) is 0 Å². The van der Waals surface area contributed by atoms with E-state index in [9.17, 15) is 0 Å². The van der Waals surface area contributed by atoms with Crippen LogP contribution in [0.1, 0.15) is 27.2 Å². The van der Waals surface area contributed by atoms with Crippen LogP contribution in [0.2, 0.25) is 0 Å². The molecule has 0 aliphatic heterocycles. The molecule has 0 aromatic heterocycles. The Morgan fingerprint density at radius 3 is 2.40 bits per heavy atom. The largest absolute Gasteiger partial charge is 0.369 e. The van der Waals surface area contributed by atoms with E-state index in [0.29, 0.717) is 6.10 Å². The van der Waals surface area contributed by atoms with Crippen molar-refractivity contribution in [3.8, 4) is 0 Å². The Bertz CT molecular complexity index is 93.3. The third-order valence-electron chi connectivity index (χ3n) is 1.47. The van der Waals surface area contributed by atoms with Gasteiger partial charge in [-0.15, -0.1) is 0 Å². The van der Waals surface area contributed by atoms with Gasteiger partial charge in [-0.05, 0) is 20.3 Å². The van der Waals surface area contributed by atoms with Gasteiger partial charge >= 0.3 is 0 Å². The predicted molar refractivity (Wildman–Crippen MR) is 43.3 cm³/mol. The van der Waals surface area contributed by atoms with Crippen molar-refractivity contribution < 1.29 is 9.73 Å². The lowest BCUT2D eigenvalue weighted by atomic mass is 10.3. The number of rotatable bonds is 5. The maximum Gasteiger partial charge on any atom is 0.165 e. The van der Waals surface area contributed by atoms with Crippen molar-refractivity contribution in [2.45, 2.75) is 39.4 Å². The van der Waals surface area contributed by atoms with Crippen LogP contribution in [0.5, 0.6) is 0 Å². The van der Waals surface area contributed by atoms with Gasteiger partial charge in [0.1, 0.15) is 12.8 Å². The first-order valence-electron chi connectivity index (χ1n) is 3.86. The molecule has 2 atom stereocenters. The molecule has 0 fully saturated rings. The summed E-state index contributed by atoms with van der Waals surface area (Å²) in [7, 11) is 0. The molecule has 0 spiro atoms. The summed E-state index contributed by atoms with van der Waals surface area (Å²) in [6.45, 7) is 10.6. The number of ether oxygens (including phenoxy) is 1. The molecule has 60 valence electrons. The van der Waals surface area contributed by atoms with Gasteiger partial charge in [0.2, 0.25) is 0 Å². The monoisotopic (exact) mass is 144 g/mol. The molecule has 0 saturated heterocycles. The summed E-state index contributed by atoms with van der Waals surface area (Å²) in [5, 5.41) is 0. The second-order valence-corrected chi connectivity index (χ2v) is 2.62. The molecule has 0 bridgehead atoms. The van der Waals surface area contributed by atoms with E-state index in [0.717, 1.165) is 13.0 Å². The fraction of sp³-hybridized carbons (Fsp3) is 0.875. The second kappa shape index (κ2) is 5.42. The highest BCUT2D eigenvalue weighted by Gasteiger charge is 2.06. The summed E-state index contributed by atoms with van der Waals surface area (Å²) < 4.78 is 5.54. The van der Waals surface area contributed by atoms with E-state index in [1.165, 1.54) is 0 Å². The van der Waals surface area contributed by atoms with Crippen molar-refractivity contribution in [3.63, 3.8) is 0 Å². The normalized spacial score (nSPS) is 16.3. The highest BCUT2D eigenvalue weighted by Crippen LogP contribution is 1.98. The number of hydrogen-bond donors (Lipinski definition) is 1. The molecule has 0 rings (SSSR count). The molecule has 2 heteroatoms. The van der Waals surface area contributed by atoms with E-state index in [1.54, 1.807) is 0 Å². The first-order chi connectivity index (χ1) is 4.70. The lowest BCUT2D eigenvalue weighted by Crippen LogP contribution is -2.69. The summed E-state index contributed by atoms with van der Waals surface area (Å²) in [5.41, 5.74) is 0. The molecule has 2 nitrogen and oxygen atoms in total. The van der Waals surface area contributed by atoms with Gasteiger partial charge in [-0.3, -0.25) is 4.99 Å². The molecule has 1 N–H and O–H groups in total. The molecule has 0 aliphatic carbocycles. The minimum absolute atomic E-state index is 0.271. The van der Waals surface area contributed by atoms with Gasteiger partial charge in [-0.1, -0.05) is 6.92 Å². The van der Waals surface area contributed by atoms with E-state index >= 15 is 0 Å². The Balaban J connectivity index is 3.35. The third kappa shape index (κ3) is 4.50. The van der Waals surface area contributed by atoms with Crippen LogP contribution < -0.4 is 4.99 Å². The summed E-state index contributed by atoms with van der Waals surface area (Å²) >= 11 is 0. The smallest absolute Gasteiger partial charge is 0.165 e. The quantitative estimate of drug-likeness (QED) is 0.538. The minimum atomic E-state index is 0.271. The average molecular weight is 144 g/mol. The Hall–Kier alpha value is -0.370. The van der Waals surface area contributed by atoms with Crippen molar-refractivity contribution in [2.24, 2.45) is 0 Å². The second-order valence-electron chi connectivity index (χ2n) is 2.62. The maximum atomic E-state index is 5.54. The summed E-state index contributed by atoms with van der Waals surface area (Å²) in [5.74, 6) is 0. The fourth-order valence-corrected chi connectivity index (χ4v) is 0.744. The Kier molecular flexibility index (Phi) is 5.22. The molecule has 10 heavy (non-hydrogen) atoms. The van der Waals surface area contributed by atoms with Crippen LogP contribution in [0.15, 0.2) is 0 Å². The van der Waals surface area contributed by atoms with Crippen LogP contribution in [-0.4, -0.2) is 25.5 Å². The van der Waals surface area contributed by atoms with Crippen LogP contribution in [0.4, 0.5) is 0 Å². The standard InChI is InChI=1S/C8H17NO/c1-5-7(2)10-8(3)6-9-4/h7-8H,4-6H2,1-3H3/p+1/t7-,8-/m1/s1. The SMILES string of the molecule is C=[NH+]C[C@@H](C)O[C@H](C)CC. The first kappa shape index (κ1) is 9.63. The highest BCUT2D eigenvalue weighted by molar-refractivity contribution is 5.12. The predicted octanol–water partition coefficient (Wildman–Crippen LogP) is -0.0288. The van der Waals surface area contributed by atoms with Crippen molar-refractivity contribution in [1.29, 1.82) is 0 Å². The molecule has 0 radical (unpaired) electrons.